The summed E-state index contributed by atoms with van der Waals surface area (Å²) < 4.78 is 51.2. The van der Waals surface area contributed by atoms with Crippen molar-refractivity contribution in [3.05, 3.63) is 99.3 Å². The summed E-state index contributed by atoms with van der Waals surface area (Å²) in [5, 5.41) is 14.4. The van der Waals surface area contributed by atoms with Crippen LogP contribution in [0.5, 0.6) is 0 Å². The van der Waals surface area contributed by atoms with Gasteiger partial charge in [-0.2, -0.15) is 13.2 Å². The SMILES string of the molecule is CC(C)(C)[Si](OC[C@H]1O[C@@H](n2cc(/C=C/CNC(=O)C(F)(F)F)c(=O)[nH]c2=O)CC1O)(c1ccccc1)c1ccccc1. The van der Waals surface area contributed by atoms with E-state index in [1.165, 1.54) is 12.3 Å². The molecule has 43 heavy (non-hydrogen) atoms. The zero-order chi connectivity index (χ0) is 31.4. The zero-order valence-corrected chi connectivity index (χ0v) is 24.9. The lowest BCUT2D eigenvalue weighted by Gasteiger charge is -2.43. The Hall–Kier alpha value is -3.78. The Kier molecular flexibility index (Phi) is 9.59. The largest absolute Gasteiger partial charge is 0.471 e. The molecule has 1 aliphatic rings. The average molecular weight is 618 g/mol. The number of nitrogens with one attached hydrogen (secondary N) is 2. The van der Waals surface area contributed by atoms with Crippen molar-refractivity contribution >= 4 is 30.7 Å². The molecule has 1 saturated heterocycles. The second-order valence-corrected chi connectivity index (χ2v) is 15.6. The minimum atomic E-state index is -5.03. The summed E-state index contributed by atoms with van der Waals surface area (Å²) in [5.41, 5.74) is -1.60. The van der Waals surface area contributed by atoms with E-state index in [2.05, 4.69) is 25.8 Å². The van der Waals surface area contributed by atoms with Gasteiger partial charge in [-0.15, -0.1) is 0 Å². The van der Waals surface area contributed by atoms with Crippen molar-refractivity contribution in [2.75, 3.05) is 13.2 Å². The number of nitrogens with zero attached hydrogens (tertiary/aromatic N) is 1. The Balaban J connectivity index is 1.55. The van der Waals surface area contributed by atoms with E-state index in [0.717, 1.165) is 21.0 Å². The highest BCUT2D eigenvalue weighted by Crippen LogP contribution is 2.38. The highest BCUT2D eigenvalue weighted by molar-refractivity contribution is 6.99. The molecule has 13 heteroatoms. The molecule has 9 nitrogen and oxygen atoms in total. The third kappa shape index (κ3) is 7.07. The van der Waals surface area contributed by atoms with Crippen LogP contribution in [0, 0.1) is 0 Å². The molecule has 230 valence electrons. The Labute approximate surface area is 247 Å². The lowest BCUT2D eigenvalue weighted by molar-refractivity contribution is -0.173. The molecule has 3 aromatic rings. The van der Waals surface area contributed by atoms with E-state index in [1.807, 2.05) is 60.7 Å². The van der Waals surface area contributed by atoms with Crippen LogP contribution >= 0.6 is 0 Å². The summed E-state index contributed by atoms with van der Waals surface area (Å²) >= 11 is 0. The third-order valence-electron chi connectivity index (χ3n) is 7.33. The average Bonchev–Trinajstić information content (AvgIpc) is 3.32. The molecule has 2 heterocycles. The molecule has 1 aromatic heterocycles. The van der Waals surface area contributed by atoms with Crippen LogP contribution in [0.1, 0.15) is 39.0 Å². The maximum Gasteiger partial charge on any atom is 0.471 e. The van der Waals surface area contributed by atoms with Crippen LogP contribution in [0.15, 0.2) is 82.5 Å². The molecular weight excluding hydrogens is 583 g/mol. The number of aliphatic hydroxyl groups is 1. The number of aliphatic hydroxyl groups excluding tert-OH is 1. The molecule has 3 atom stereocenters. The summed E-state index contributed by atoms with van der Waals surface area (Å²) in [6.07, 6.45) is -4.19. The minimum absolute atomic E-state index is 0.0333. The van der Waals surface area contributed by atoms with E-state index >= 15 is 0 Å². The van der Waals surface area contributed by atoms with Gasteiger partial charge in [-0.25, -0.2) is 4.79 Å². The van der Waals surface area contributed by atoms with Crippen LogP contribution in [0.2, 0.25) is 5.04 Å². The van der Waals surface area contributed by atoms with Gasteiger partial charge in [-0.1, -0.05) is 93.6 Å². The fraction of sp³-hybridized carbons (Fsp3) is 0.367. The van der Waals surface area contributed by atoms with Crippen molar-refractivity contribution in [2.24, 2.45) is 0 Å². The van der Waals surface area contributed by atoms with Gasteiger partial charge in [0, 0.05) is 19.2 Å². The Morgan fingerprint density at radius 2 is 1.67 bits per heavy atom. The maximum absolute atomic E-state index is 12.7. The van der Waals surface area contributed by atoms with Crippen LogP contribution in [0.3, 0.4) is 0 Å². The van der Waals surface area contributed by atoms with Gasteiger partial charge >= 0.3 is 17.8 Å². The van der Waals surface area contributed by atoms with Gasteiger partial charge in [-0.3, -0.25) is 19.1 Å². The minimum Gasteiger partial charge on any atom is -0.405 e. The zero-order valence-electron chi connectivity index (χ0n) is 23.9. The number of ether oxygens (including phenoxy) is 1. The van der Waals surface area contributed by atoms with Crippen molar-refractivity contribution in [1.29, 1.82) is 0 Å². The number of halogens is 3. The van der Waals surface area contributed by atoms with E-state index in [4.69, 9.17) is 9.16 Å². The fourth-order valence-corrected chi connectivity index (χ4v) is 9.85. The smallest absolute Gasteiger partial charge is 0.405 e. The van der Waals surface area contributed by atoms with E-state index in [0.29, 0.717) is 0 Å². The number of aromatic amines is 1. The number of rotatable bonds is 9. The van der Waals surface area contributed by atoms with Crippen LogP contribution in [0.25, 0.3) is 6.08 Å². The number of benzene rings is 2. The van der Waals surface area contributed by atoms with E-state index in [1.54, 1.807) is 5.32 Å². The summed E-state index contributed by atoms with van der Waals surface area (Å²) in [5.74, 6) is -2.12. The quantitative estimate of drug-likeness (QED) is 0.317. The molecule has 1 fully saturated rings. The van der Waals surface area contributed by atoms with Gasteiger partial charge in [-0.05, 0) is 15.4 Å². The third-order valence-corrected chi connectivity index (χ3v) is 12.3. The molecular formula is C30H34F3N3O6Si. The Bertz CT molecular complexity index is 1510. The van der Waals surface area contributed by atoms with Crippen LogP contribution in [-0.4, -0.2) is 60.4 Å². The van der Waals surface area contributed by atoms with Gasteiger partial charge < -0.3 is 19.6 Å². The summed E-state index contributed by atoms with van der Waals surface area (Å²) in [6, 6.07) is 19.9. The first-order chi connectivity index (χ1) is 20.2. The van der Waals surface area contributed by atoms with E-state index in [-0.39, 0.29) is 23.6 Å². The summed E-state index contributed by atoms with van der Waals surface area (Å²) in [7, 11) is -2.93. The fourth-order valence-electron chi connectivity index (χ4n) is 5.28. The van der Waals surface area contributed by atoms with Crippen molar-refractivity contribution in [2.45, 2.75) is 56.8 Å². The molecule has 1 unspecified atom stereocenters. The monoisotopic (exact) mass is 617 g/mol. The van der Waals surface area contributed by atoms with E-state index in [9.17, 15) is 32.7 Å². The first-order valence-corrected chi connectivity index (χ1v) is 15.6. The van der Waals surface area contributed by atoms with Crippen molar-refractivity contribution in [3.8, 4) is 0 Å². The van der Waals surface area contributed by atoms with Gasteiger partial charge in [0.15, 0.2) is 0 Å². The van der Waals surface area contributed by atoms with E-state index < -0.39 is 56.6 Å². The molecule has 0 aliphatic carbocycles. The van der Waals surface area contributed by atoms with Crippen molar-refractivity contribution in [1.82, 2.24) is 14.9 Å². The molecule has 0 spiro atoms. The van der Waals surface area contributed by atoms with Crippen LogP contribution in [0.4, 0.5) is 13.2 Å². The van der Waals surface area contributed by atoms with Crippen LogP contribution in [-0.2, 0) is 14.0 Å². The molecule has 1 amide bonds. The molecule has 0 saturated carbocycles. The second kappa shape index (κ2) is 12.8. The number of carbonyl (C=O) groups excluding carboxylic acids is 1. The molecule has 3 N–H and O–H groups in total. The van der Waals surface area contributed by atoms with Gasteiger partial charge in [0.2, 0.25) is 0 Å². The predicted octanol–water partition coefficient (Wildman–Crippen LogP) is 2.45. The Morgan fingerprint density at radius 3 is 2.21 bits per heavy atom. The van der Waals surface area contributed by atoms with Crippen LogP contribution < -0.4 is 26.9 Å². The molecule has 4 rings (SSSR count). The number of carbonyl (C=O) groups is 1. The maximum atomic E-state index is 12.7. The number of amides is 1. The first-order valence-electron chi connectivity index (χ1n) is 13.7. The predicted molar refractivity (Wildman–Crippen MR) is 158 cm³/mol. The topological polar surface area (TPSA) is 123 Å². The lowest BCUT2D eigenvalue weighted by atomic mass is 10.2. The highest BCUT2D eigenvalue weighted by Gasteiger charge is 2.51. The number of H-pyrrole nitrogens is 1. The lowest BCUT2D eigenvalue weighted by Crippen LogP contribution is -2.67. The normalized spacial score (nSPS) is 19.6. The summed E-state index contributed by atoms with van der Waals surface area (Å²) in [4.78, 5) is 38.1. The summed E-state index contributed by atoms with van der Waals surface area (Å²) in [6.45, 7) is 5.91. The number of aromatic nitrogens is 2. The second-order valence-electron chi connectivity index (χ2n) is 11.3. The number of hydrogen-bond acceptors (Lipinski definition) is 6. The number of alkyl halides is 3. The molecule has 0 radical (unpaired) electrons. The van der Waals surface area contributed by atoms with Gasteiger partial charge in [0.1, 0.15) is 12.3 Å². The van der Waals surface area contributed by atoms with Gasteiger partial charge in [0.25, 0.3) is 13.9 Å². The standard InChI is InChI=1S/C30H34F3N3O6Si/c1-29(2,3)43(21-12-6-4-7-13-21,22-14-8-5-9-15-22)41-19-24-23(37)17-25(42-24)36-18-20(26(38)35-28(36)40)11-10-16-34-27(39)30(31,32)33/h4-15,18,23-25,37H,16-17,19H2,1-3H3,(H,34,39)(H,35,38,40)/b11-10+/t23?,24-,25-/m1/s1. The van der Waals surface area contributed by atoms with Crippen molar-refractivity contribution < 1.29 is 32.2 Å². The Morgan fingerprint density at radius 1 is 1.09 bits per heavy atom. The number of hydrogen-bond donors (Lipinski definition) is 3. The highest BCUT2D eigenvalue weighted by atomic mass is 28.4. The first kappa shape index (κ1) is 32.1. The van der Waals surface area contributed by atoms with Crippen molar-refractivity contribution in [3.63, 3.8) is 0 Å². The molecule has 2 aromatic carbocycles. The molecule has 0 bridgehead atoms. The molecule has 1 aliphatic heterocycles. The van der Waals surface area contributed by atoms with Gasteiger partial charge in [0.05, 0.1) is 18.3 Å².